The van der Waals surface area contributed by atoms with Gasteiger partial charge >= 0.3 is 0 Å². The van der Waals surface area contributed by atoms with Gasteiger partial charge in [0.25, 0.3) is 0 Å². The first-order valence-electron chi connectivity index (χ1n) is 7.69. The number of Topliss-reactive ketones (excluding diaryl/α,β-unsaturated/α-hetero) is 1. The Morgan fingerprint density at radius 1 is 1.36 bits per heavy atom. The Morgan fingerprint density at radius 3 is 2.77 bits per heavy atom. The summed E-state index contributed by atoms with van der Waals surface area (Å²) in [4.78, 5) is 16.8. The second-order valence-electron chi connectivity index (χ2n) is 5.90. The second kappa shape index (κ2) is 7.54. The van der Waals surface area contributed by atoms with Crippen molar-refractivity contribution >= 4 is 17.1 Å². The molecule has 4 heteroatoms. The number of rotatable bonds is 7. The number of nitrogens with zero attached hydrogens (tertiary/aromatic N) is 1. The molecule has 0 spiro atoms. The maximum Gasteiger partial charge on any atom is 0.171 e. The Morgan fingerprint density at radius 2 is 2.14 bits per heavy atom. The van der Waals surface area contributed by atoms with E-state index in [1.165, 1.54) is 17.8 Å². The first-order valence-corrected chi connectivity index (χ1v) is 8.50. The number of ether oxygens (including phenoxy) is 1. The van der Waals surface area contributed by atoms with Gasteiger partial charge in [0.2, 0.25) is 0 Å². The molecule has 0 bridgehead atoms. The van der Waals surface area contributed by atoms with E-state index in [-0.39, 0.29) is 5.78 Å². The monoisotopic (exact) mass is 317 g/mol. The van der Waals surface area contributed by atoms with E-state index in [4.69, 9.17) is 4.74 Å². The van der Waals surface area contributed by atoms with Gasteiger partial charge in [-0.05, 0) is 37.8 Å². The fraction of sp³-hybridized carbons (Fsp3) is 0.444. The molecule has 3 nitrogen and oxygen atoms in total. The molecule has 2 rings (SSSR count). The number of ketones is 1. The van der Waals surface area contributed by atoms with Crippen LogP contribution in [0.25, 0.3) is 10.6 Å². The Labute approximate surface area is 136 Å². The summed E-state index contributed by atoms with van der Waals surface area (Å²) in [6.45, 7) is 8.63. The number of aromatic nitrogens is 1. The smallest absolute Gasteiger partial charge is 0.171 e. The first kappa shape index (κ1) is 16.7. The van der Waals surface area contributed by atoms with Crippen molar-refractivity contribution in [3.63, 3.8) is 0 Å². The van der Waals surface area contributed by atoms with Gasteiger partial charge in [0, 0.05) is 12.5 Å². The molecule has 22 heavy (non-hydrogen) atoms. The van der Waals surface area contributed by atoms with Crippen LogP contribution in [-0.4, -0.2) is 17.4 Å². The number of carbonyl (C=O) groups excluding carboxylic acids is 1. The summed E-state index contributed by atoms with van der Waals surface area (Å²) in [6.07, 6.45) is 2.24. The van der Waals surface area contributed by atoms with E-state index in [0.29, 0.717) is 5.92 Å². The summed E-state index contributed by atoms with van der Waals surface area (Å²) < 4.78 is 5.81. The number of benzene rings is 1. The van der Waals surface area contributed by atoms with Crippen molar-refractivity contribution in [1.82, 2.24) is 4.98 Å². The third kappa shape index (κ3) is 4.41. The highest BCUT2D eigenvalue weighted by Crippen LogP contribution is 2.30. The SMILES string of the molecule is CC(=O)c1sc(-c2cccc(OCCCC(C)C)c2)nc1C. The molecule has 0 aliphatic rings. The van der Waals surface area contributed by atoms with Crippen LogP contribution in [0.4, 0.5) is 0 Å². The highest BCUT2D eigenvalue weighted by atomic mass is 32.1. The highest BCUT2D eigenvalue weighted by molar-refractivity contribution is 7.17. The van der Waals surface area contributed by atoms with E-state index in [1.807, 2.05) is 31.2 Å². The van der Waals surface area contributed by atoms with Gasteiger partial charge in [-0.2, -0.15) is 0 Å². The normalized spacial score (nSPS) is 11.0. The molecule has 0 N–H and O–H groups in total. The zero-order valence-corrected chi connectivity index (χ0v) is 14.5. The summed E-state index contributed by atoms with van der Waals surface area (Å²) in [5.74, 6) is 1.64. The van der Waals surface area contributed by atoms with Crippen LogP contribution in [0, 0.1) is 12.8 Å². The molecule has 0 saturated heterocycles. The lowest BCUT2D eigenvalue weighted by Gasteiger charge is -2.08. The van der Waals surface area contributed by atoms with Gasteiger partial charge in [-0.1, -0.05) is 26.0 Å². The van der Waals surface area contributed by atoms with Crippen molar-refractivity contribution in [2.75, 3.05) is 6.61 Å². The third-order valence-electron chi connectivity index (χ3n) is 3.39. The predicted octanol–water partition coefficient (Wildman–Crippen LogP) is 5.14. The molecule has 0 radical (unpaired) electrons. The molecular weight excluding hydrogens is 294 g/mol. The number of hydrogen-bond donors (Lipinski definition) is 0. The lowest BCUT2D eigenvalue weighted by molar-refractivity contribution is 0.102. The van der Waals surface area contributed by atoms with Gasteiger partial charge in [0.15, 0.2) is 5.78 Å². The molecular formula is C18H23NO2S. The summed E-state index contributed by atoms with van der Waals surface area (Å²) >= 11 is 1.45. The minimum Gasteiger partial charge on any atom is -0.494 e. The Hall–Kier alpha value is -1.68. The molecule has 1 aromatic heterocycles. The molecule has 1 aromatic carbocycles. The molecule has 0 atom stereocenters. The van der Waals surface area contributed by atoms with Crippen LogP contribution < -0.4 is 4.74 Å². The standard InChI is InChI=1S/C18H23NO2S/c1-12(2)7-6-10-21-16-9-5-8-15(11-16)18-19-13(3)17(22-18)14(4)20/h5,8-9,11-12H,6-7,10H2,1-4H3. The van der Waals surface area contributed by atoms with E-state index >= 15 is 0 Å². The number of thiazole rings is 1. The number of carbonyl (C=O) groups is 1. The second-order valence-corrected chi connectivity index (χ2v) is 6.90. The largest absolute Gasteiger partial charge is 0.494 e. The van der Waals surface area contributed by atoms with Gasteiger partial charge in [0.05, 0.1) is 17.2 Å². The molecule has 1 heterocycles. The van der Waals surface area contributed by atoms with Gasteiger partial charge in [-0.15, -0.1) is 11.3 Å². The van der Waals surface area contributed by atoms with Crippen LogP contribution in [0.5, 0.6) is 5.75 Å². The van der Waals surface area contributed by atoms with Gasteiger partial charge in [-0.3, -0.25) is 4.79 Å². The summed E-state index contributed by atoms with van der Waals surface area (Å²) in [5.41, 5.74) is 1.80. The topological polar surface area (TPSA) is 39.2 Å². The van der Waals surface area contributed by atoms with Crippen molar-refractivity contribution in [3.8, 4) is 16.3 Å². The first-order chi connectivity index (χ1) is 10.5. The molecule has 0 fully saturated rings. The maximum absolute atomic E-state index is 11.6. The summed E-state index contributed by atoms with van der Waals surface area (Å²) in [5, 5.41) is 0.871. The van der Waals surface area contributed by atoms with Gasteiger partial charge in [0.1, 0.15) is 10.8 Å². The quantitative estimate of drug-likeness (QED) is 0.524. The average molecular weight is 317 g/mol. The van der Waals surface area contributed by atoms with Crippen LogP contribution in [0.2, 0.25) is 0 Å². The van der Waals surface area contributed by atoms with Crippen LogP contribution in [0.1, 0.15) is 49.0 Å². The van der Waals surface area contributed by atoms with Gasteiger partial charge < -0.3 is 4.74 Å². The highest BCUT2D eigenvalue weighted by Gasteiger charge is 2.13. The molecule has 0 aliphatic carbocycles. The lowest BCUT2D eigenvalue weighted by atomic mass is 10.1. The number of aryl methyl sites for hydroxylation is 1. The van der Waals surface area contributed by atoms with Crippen molar-refractivity contribution in [2.45, 2.75) is 40.5 Å². The molecule has 0 unspecified atom stereocenters. The van der Waals surface area contributed by atoms with Crippen LogP contribution in [-0.2, 0) is 0 Å². The van der Waals surface area contributed by atoms with E-state index in [2.05, 4.69) is 18.8 Å². The lowest BCUT2D eigenvalue weighted by Crippen LogP contribution is -1.99. The fourth-order valence-corrected chi connectivity index (χ4v) is 3.20. The van der Waals surface area contributed by atoms with Crippen molar-refractivity contribution in [1.29, 1.82) is 0 Å². The Balaban J connectivity index is 2.08. The zero-order valence-electron chi connectivity index (χ0n) is 13.7. The fourth-order valence-electron chi connectivity index (χ4n) is 2.25. The Bertz CT molecular complexity index is 646. The molecule has 0 amide bonds. The molecule has 118 valence electrons. The maximum atomic E-state index is 11.6. The average Bonchev–Trinajstić information content (AvgIpc) is 2.86. The minimum atomic E-state index is 0.0716. The van der Waals surface area contributed by atoms with E-state index in [1.54, 1.807) is 6.92 Å². The van der Waals surface area contributed by atoms with Crippen LogP contribution in [0.3, 0.4) is 0 Å². The van der Waals surface area contributed by atoms with Crippen molar-refractivity contribution < 1.29 is 9.53 Å². The number of hydrogen-bond acceptors (Lipinski definition) is 4. The van der Waals surface area contributed by atoms with E-state index in [9.17, 15) is 4.79 Å². The predicted molar refractivity (Wildman–Crippen MR) is 91.9 cm³/mol. The zero-order chi connectivity index (χ0) is 16.1. The van der Waals surface area contributed by atoms with E-state index in [0.717, 1.165) is 39.9 Å². The van der Waals surface area contributed by atoms with Crippen LogP contribution in [0.15, 0.2) is 24.3 Å². The summed E-state index contributed by atoms with van der Waals surface area (Å²) in [6, 6.07) is 7.93. The minimum absolute atomic E-state index is 0.0716. The third-order valence-corrected chi connectivity index (χ3v) is 4.70. The molecule has 0 aliphatic heterocycles. The van der Waals surface area contributed by atoms with Crippen molar-refractivity contribution in [3.05, 3.63) is 34.8 Å². The molecule has 0 saturated carbocycles. The van der Waals surface area contributed by atoms with E-state index < -0.39 is 0 Å². The van der Waals surface area contributed by atoms with Crippen LogP contribution >= 0.6 is 11.3 Å². The summed E-state index contributed by atoms with van der Waals surface area (Å²) in [7, 11) is 0. The van der Waals surface area contributed by atoms with Gasteiger partial charge in [-0.25, -0.2) is 4.98 Å². The molecule has 2 aromatic rings. The van der Waals surface area contributed by atoms with Crippen molar-refractivity contribution in [2.24, 2.45) is 5.92 Å². The Kier molecular flexibility index (Phi) is 5.72.